The van der Waals surface area contributed by atoms with Gasteiger partial charge < -0.3 is 14.5 Å². The summed E-state index contributed by atoms with van der Waals surface area (Å²) in [5, 5.41) is 4.07. The molecule has 1 aliphatic rings. The first-order valence-corrected chi connectivity index (χ1v) is 9.84. The molecule has 0 bridgehead atoms. The highest BCUT2D eigenvalue weighted by atomic mass is 32.2. The van der Waals surface area contributed by atoms with Crippen LogP contribution in [0.3, 0.4) is 0 Å². The number of furan rings is 1. The van der Waals surface area contributed by atoms with Crippen LogP contribution in [0.2, 0.25) is 0 Å². The fourth-order valence-corrected chi connectivity index (χ4v) is 4.51. The molecule has 0 saturated heterocycles. The van der Waals surface area contributed by atoms with Gasteiger partial charge in [-0.25, -0.2) is 0 Å². The van der Waals surface area contributed by atoms with Gasteiger partial charge in [0.2, 0.25) is 0 Å². The number of nitrogens with one attached hydrogen (secondary N) is 1. The number of benzene rings is 2. The van der Waals surface area contributed by atoms with Gasteiger partial charge in [-0.1, -0.05) is 18.2 Å². The minimum absolute atomic E-state index is 0.0200. The van der Waals surface area contributed by atoms with Gasteiger partial charge in [-0.3, -0.25) is 4.79 Å². The van der Waals surface area contributed by atoms with E-state index in [2.05, 4.69) is 17.4 Å². The highest BCUT2D eigenvalue weighted by molar-refractivity contribution is 7.99. The fraction of sp³-hybridized carbons (Fsp3) is 0.286. The molecular formula is C21H21NO3S. The van der Waals surface area contributed by atoms with Crippen molar-refractivity contribution in [1.29, 1.82) is 0 Å². The lowest BCUT2D eigenvalue weighted by atomic mass is 10.0. The summed E-state index contributed by atoms with van der Waals surface area (Å²) in [7, 11) is 0. The van der Waals surface area contributed by atoms with E-state index in [0.717, 1.165) is 28.9 Å². The molecule has 5 heteroatoms. The number of rotatable bonds is 4. The molecule has 0 fully saturated rings. The Kier molecular flexibility index (Phi) is 4.64. The minimum Gasteiger partial charge on any atom is -0.494 e. The number of amides is 1. The number of carbonyl (C=O) groups is 1. The van der Waals surface area contributed by atoms with Gasteiger partial charge in [0.25, 0.3) is 5.91 Å². The molecular weight excluding hydrogens is 346 g/mol. The molecule has 1 atom stereocenters. The Bertz CT molecular complexity index is 963. The molecule has 2 aromatic carbocycles. The summed E-state index contributed by atoms with van der Waals surface area (Å²) in [5.41, 5.74) is 2.73. The molecule has 1 unspecified atom stereocenters. The molecule has 1 amide bonds. The molecule has 26 heavy (non-hydrogen) atoms. The quantitative estimate of drug-likeness (QED) is 0.696. The van der Waals surface area contributed by atoms with Crippen molar-refractivity contribution < 1.29 is 13.9 Å². The minimum atomic E-state index is -0.164. The van der Waals surface area contributed by atoms with Crippen LogP contribution < -0.4 is 10.1 Å². The van der Waals surface area contributed by atoms with Crippen molar-refractivity contribution in [3.05, 3.63) is 59.4 Å². The number of ether oxygens (including phenoxy) is 1. The van der Waals surface area contributed by atoms with Crippen LogP contribution in [-0.2, 0) is 0 Å². The fourth-order valence-electron chi connectivity index (χ4n) is 3.39. The van der Waals surface area contributed by atoms with Gasteiger partial charge in [0.05, 0.1) is 12.6 Å². The van der Waals surface area contributed by atoms with Crippen LogP contribution in [0.15, 0.2) is 51.8 Å². The lowest BCUT2D eigenvalue weighted by Crippen LogP contribution is -2.30. The third-order valence-corrected chi connectivity index (χ3v) is 5.81. The highest BCUT2D eigenvalue weighted by Gasteiger charge is 2.25. The Morgan fingerprint density at radius 3 is 3.00 bits per heavy atom. The summed E-state index contributed by atoms with van der Waals surface area (Å²) in [5.74, 6) is 2.00. The smallest absolute Gasteiger partial charge is 0.287 e. The number of hydrogen-bond acceptors (Lipinski definition) is 4. The molecule has 0 spiro atoms. The van der Waals surface area contributed by atoms with Crippen LogP contribution in [0, 0.1) is 6.92 Å². The molecule has 0 radical (unpaired) electrons. The molecule has 3 aromatic rings. The molecule has 1 aliphatic heterocycles. The largest absolute Gasteiger partial charge is 0.494 e. The zero-order chi connectivity index (χ0) is 18.1. The van der Waals surface area contributed by atoms with Crippen molar-refractivity contribution in [2.24, 2.45) is 0 Å². The van der Waals surface area contributed by atoms with Crippen molar-refractivity contribution in [1.82, 2.24) is 5.32 Å². The number of fused-ring (bicyclic) bond motifs is 2. The van der Waals surface area contributed by atoms with Gasteiger partial charge in [0, 0.05) is 21.6 Å². The van der Waals surface area contributed by atoms with Crippen LogP contribution in [0.5, 0.6) is 5.75 Å². The van der Waals surface area contributed by atoms with E-state index in [0.29, 0.717) is 18.0 Å². The maximum atomic E-state index is 12.9. The van der Waals surface area contributed by atoms with E-state index in [-0.39, 0.29) is 11.9 Å². The molecule has 0 aliphatic carbocycles. The Morgan fingerprint density at radius 1 is 1.31 bits per heavy atom. The Labute approximate surface area is 156 Å². The Morgan fingerprint density at radius 2 is 2.15 bits per heavy atom. The normalized spacial score (nSPS) is 16.3. The van der Waals surface area contributed by atoms with Crippen LogP contribution in [0.25, 0.3) is 11.0 Å². The number of carbonyl (C=O) groups excluding carboxylic acids is 1. The first kappa shape index (κ1) is 17.0. The van der Waals surface area contributed by atoms with Gasteiger partial charge in [0.15, 0.2) is 5.76 Å². The van der Waals surface area contributed by atoms with Crippen LogP contribution >= 0.6 is 11.8 Å². The van der Waals surface area contributed by atoms with Gasteiger partial charge in [-0.15, -0.1) is 11.8 Å². The molecule has 4 nitrogen and oxygen atoms in total. The number of hydrogen-bond donors (Lipinski definition) is 1. The molecule has 1 aromatic heterocycles. The van der Waals surface area contributed by atoms with Crippen molar-refractivity contribution in [3.63, 3.8) is 0 Å². The monoisotopic (exact) mass is 367 g/mol. The van der Waals surface area contributed by atoms with E-state index in [1.54, 1.807) is 0 Å². The topological polar surface area (TPSA) is 51.5 Å². The van der Waals surface area contributed by atoms with E-state index in [4.69, 9.17) is 9.15 Å². The average Bonchev–Trinajstić information content (AvgIpc) is 2.99. The SMILES string of the molecule is CCOc1ccc2oc(C(=O)NC3CCSc4ccccc43)c(C)c2c1. The second-order valence-electron chi connectivity index (χ2n) is 6.35. The average molecular weight is 367 g/mol. The summed E-state index contributed by atoms with van der Waals surface area (Å²) in [4.78, 5) is 14.1. The highest BCUT2D eigenvalue weighted by Crippen LogP contribution is 2.36. The Balaban J connectivity index is 1.62. The van der Waals surface area contributed by atoms with Crippen molar-refractivity contribution in [2.75, 3.05) is 12.4 Å². The maximum Gasteiger partial charge on any atom is 0.287 e. The third-order valence-electron chi connectivity index (χ3n) is 4.69. The van der Waals surface area contributed by atoms with E-state index < -0.39 is 0 Å². The van der Waals surface area contributed by atoms with Crippen molar-refractivity contribution in [2.45, 2.75) is 31.2 Å². The molecule has 134 valence electrons. The van der Waals surface area contributed by atoms with E-state index in [1.807, 2.05) is 55.9 Å². The zero-order valence-electron chi connectivity index (χ0n) is 14.9. The predicted molar refractivity (Wildman–Crippen MR) is 104 cm³/mol. The Hall–Kier alpha value is -2.40. The third kappa shape index (κ3) is 3.07. The number of thioether (sulfide) groups is 1. The van der Waals surface area contributed by atoms with Gasteiger partial charge in [0.1, 0.15) is 11.3 Å². The van der Waals surface area contributed by atoms with Crippen LogP contribution in [-0.4, -0.2) is 18.3 Å². The van der Waals surface area contributed by atoms with Crippen molar-refractivity contribution >= 4 is 28.6 Å². The summed E-state index contributed by atoms with van der Waals surface area (Å²) in [6, 6.07) is 13.9. The summed E-state index contributed by atoms with van der Waals surface area (Å²) >= 11 is 1.84. The lowest BCUT2D eigenvalue weighted by Gasteiger charge is -2.25. The summed E-state index contributed by atoms with van der Waals surface area (Å²) in [6.45, 7) is 4.47. The lowest BCUT2D eigenvalue weighted by molar-refractivity contribution is 0.0908. The van der Waals surface area contributed by atoms with Gasteiger partial charge in [-0.05, 0) is 50.1 Å². The van der Waals surface area contributed by atoms with Crippen molar-refractivity contribution in [3.8, 4) is 5.75 Å². The standard InChI is InChI=1S/C21H21NO3S/c1-3-24-14-8-9-18-16(12-14)13(2)20(25-18)21(23)22-17-10-11-26-19-7-5-4-6-15(17)19/h4-9,12,17H,3,10-11H2,1-2H3,(H,22,23). The molecule has 2 heterocycles. The van der Waals surface area contributed by atoms with E-state index >= 15 is 0 Å². The first-order chi connectivity index (χ1) is 12.7. The van der Waals surface area contributed by atoms with Gasteiger partial charge in [-0.2, -0.15) is 0 Å². The molecule has 4 rings (SSSR count). The number of aryl methyl sites for hydroxylation is 1. The van der Waals surface area contributed by atoms with Crippen LogP contribution in [0.1, 0.15) is 41.1 Å². The summed E-state index contributed by atoms with van der Waals surface area (Å²) < 4.78 is 11.4. The second kappa shape index (κ2) is 7.08. The van der Waals surface area contributed by atoms with E-state index in [9.17, 15) is 4.79 Å². The molecule has 1 N–H and O–H groups in total. The predicted octanol–water partition coefficient (Wildman–Crippen LogP) is 5.11. The summed E-state index contributed by atoms with van der Waals surface area (Å²) in [6.07, 6.45) is 0.918. The van der Waals surface area contributed by atoms with E-state index in [1.165, 1.54) is 10.5 Å². The maximum absolute atomic E-state index is 12.9. The zero-order valence-corrected chi connectivity index (χ0v) is 15.7. The molecule has 0 saturated carbocycles. The van der Waals surface area contributed by atoms with Crippen LogP contribution in [0.4, 0.5) is 0 Å². The first-order valence-electron chi connectivity index (χ1n) is 8.86. The second-order valence-corrected chi connectivity index (χ2v) is 7.48. The van der Waals surface area contributed by atoms with Gasteiger partial charge >= 0.3 is 0 Å².